The Kier molecular flexibility index (Phi) is 11.4. The van der Waals surface area contributed by atoms with Gasteiger partial charge >= 0.3 is 6.18 Å². The number of benzene rings is 2. The van der Waals surface area contributed by atoms with Gasteiger partial charge in [0.1, 0.15) is 0 Å². The second-order valence-corrected chi connectivity index (χ2v) is 8.61. The van der Waals surface area contributed by atoms with E-state index in [0.29, 0.717) is 23.2 Å². The van der Waals surface area contributed by atoms with Crippen molar-refractivity contribution >= 4 is 5.91 Å². The summed E-state index contributed by atoms with van der Waals surface area (Å²) in [4.78, 5) is 12.3. The summed E-state index contributed by atoms with van der Waals surface area (Å²) >= 11 is 0. The van der Waals surface area contributed by atoms with Crippen molar-refractivity contribution in [2.75, 3.05) is 6.54 Å². The molecule has 181 valence electrons. The number of hydrogen-bond acceptors (Lipinski definition) is 1. The van der Waals surface area contributed by atoms with Gasteiger partial charge in [-0.05, 0) is 41.8 Å². The molecule has 0 bridgehead atoms. The molecule has 2 aromatic rings. The lowest BCUT2D eigenvalue weighted by Gasteiger charge is -2.14. The summed E-state index contributed by atoms with van der Waals surface area (Å²) in [6.45, 7) is 2.87. The molecule has 33 heavy (non-hydrogen) atoms. The number of amides is 1. The topological polar surface area (TPSA) is 52.9 Å². The number of nitrogens with one attached hydrogen (secondary N) is 2. The average molecular weight is 462 g/mol. The Morgan fingerprint density at radius 3 is 1.73 bits per heavy atom. The first-order valence-corrected chi connectivity index (χ1v) is 12.1. The maximum absolute atomic E-state index is 12.7. The van der Waals surface area contributed by atoms with Gasteiger partial charge in [-0.15, -0.1) is 0 Å². The lowest BCUT2D eigenvalue weighted by Crippen LogP contribution is -2.24. The molecule has 2 rings (SSSR count). The summed E-state index contributed by atoms with van der Waals surface area (Å²) in [5.41, 5.74) is 9.21. The first-order valence-electron chi connectivity index (χ1n) is 12.1. The van der Waals surface area contributed by atoms with Crippen LogP contribution in [0, 0.1) is 0 Å². The molecule has 0 saturated heterocycles. The Morgan fingerprint density at radius 1 is 0.788 bits per heavy atom. The molecule has 0 saturated carbocycles. The number of rotatable bonds is 14. The molecule has 2 N–H and O–H groups in total. The fourth-order valence-corrected chi connectivity index (χ4v) is 3.80. The minimum Gasteiger partial charge on any atom is -0.352 e. The minimum atomic E-state index is -4.39. The molecule has 1 atom stereocenters. The van der Waals surface area contributed by atoms with Crippen LogP contribution >= 0.6 is 0 Å². The van der Waals surface area contributed by atoms with Gasteiger partial charge in [0.05, 0.1) is 11.6 Å². The van der Waals surface area contributed by atoms with Crippen molar-refractivity contribution in [3.05, 3.63) is 70.8 Å². The number of carbonyl (C=O) groups is 1. The molecular formula is C27H36F3N2O. The van der Waals surface area contributed by atoms with Gasteiger partial charge in [0.15, 0.2) is 0 Å². The number of alkyl halides is 3. The summed E-state index contributed by atoms with van der Waals surface area (Å²) in [5, 5.41) is 2.93. The molecule has 0 heterocycles. The molecule has 2 aromatic carbocycles. The Hall–Kier alpha value is -2.34. The van der Waals surface area contributed by atoms with Crippen LogP contribution in [0.2, 0.25) is 0 Å². The maximum atomic E-state index is 12.7. The number of hydrogen-bond donors (Lipinski definition) is 1. The van der Waals surface area contributed by atoms with Crippen molar-refractivity contribution < 1.29 is 18.0 Å². The van der Waals surface area contributed by atoms with Crippen molar-refractivity contribution in [2.24, 2.45) is 0 Å². The third kappa shape index (κ3) is 9.58. The van der Waals surface area contributed by atoms with E-state index >= 15 is 0 Å². The molecule has 0 spiro atoms. The van der Waals surface area contributed by atoms with Gasteiger partial charge < -0.3 is 5.32 Å². The van der Waals surface area contributed by atoms with Gasteiger partial charge in [-0.25, -0.2) is 5.73 Å². The summed E-state index contributed by atoms with van der Waals surface area (Å²) in [5.74, 6) is -0.145. The van der Waals surface area contributed by atoms with Crippen LogP contribution in [0.15, 0.2) is 48.5 Å². The van der Waals surface area contributed by atoms with E-state index in [1.54, 1.807) is 24.3 Å². The highest BCUT2D eigenvalue weighted by molar-refractivity contribution is 5.94. The predicted molar refractivity (Wildman–Crippen MR) is 127 cm³/mol. The van der Waals surface area contributed by atoms with Gasteiger partial charge in [0.2, 0.25) is 0 Å². The highest BCUT2D eigenvalue weighted by Gasteiger charge is 2.30. The Balaban J connectivity index is 1.69. The fourth-order valence-electron chi connectivity index (χ4n) is 3.80. The molecule has 3 nitrogen and oxygen atoms in total. The Bertz CT molecular complexity index is 817. The van der Waals surface area contributed by atoms with Gasteiger partial charge in [0.25, 0.3) is 5.91 Å². The van der Waals surface area contributed by atoms with Gasteiger partial charge in [0, 0.05) is 12.1 Å². The molecule has 0 aliphatic carbocycles. The molecule has 6 heteroatoms. The van der Waals surface area contributed by atoms with Gasteiger partial charge in [-0.1, -0.05) is 89.0 Å². The van der Waals surface area contributed by atoms with E-state index in [1.807, 2.05) is 0 Å². The number of halogens is 3. The molecule has 1 amide bonds. The molecule has 0 aliphatic heterocycles. The molecule has 0 aliphatic rings. The highest BCUT2D eigenvalue weighted by atomic mass is 19.4. The van der Waals surface area contributed by atoms with E-state index in [-0.39, 0.29) is 5.91 Å². The third-order valence-electron chi connectivity index (χ3n) is 5.89. The summed E-state index contributed by atoms with van der Waals surface area (Å²) < 4.78 is 38.1. The molecule has 0 fully saturated rings. The Morgan fingerprint density at radius 2 is 1.24 bits per heavy atom. The second-order valence-electron chi connectivity index (χ2n) is 8.61. The fraction of sp³-hybridized carbons (Fsp3) is 0.519. The zero-order valence-corrected chi connectivity index (χ0v) is 19.5. The Labute approximate surface area is 196 Å². The highest BCUT2D eigenvalue weighted by Crippen LogP contribution is 2.30. The van der Waals surface area contributed by atoms with Gasteiger partial charge in [-0.3, -0.25) is 4.79 Å². The van der Waals surface area contributed by atoms with E-state index in [4.69, 9.17) is 5.73 Å². The van der Waals surface area contributed by atoms with E-state index in [0.717, 1.165) is 25.0 Å². The first-order chi connectivity index (χ1) is 15.8. The lowest BCUT2D eigenvalue weighted by molar-refractivity contribution is -0.137. The van der Waals surface area contributed by atoms with Crippen molar-refractivity contribution in [3.8, 4) is 0 Å². The quantitative estimate of drug-likeness (QED) is 0.288. The lowest BCUT2D eigenvalue weighted by atomic mass is 9.97. The van der Waals surface area contributed by atoms with Crippen LogP contribution in [0.3, 0.4) is 0 Å². The number of unbranched alkanes of at least 4 members (excludes halogenated alkanes) is 9. The van der Waals surface area contributed by atoms with Crippen molar-refractivity contribution in [3.63, 3.8) is 0 Å². The zero-order valence-electron chi connectivity index (χ0n) is 19.5. The third-order valence-corrected chi connectivity index (χ3v) is 5.89. The number of carbonyl (C=O) groups excluding carboxylic acids is 1. The zero-order chi connectivity index (χ0) is 24.1. The standard InChI is InChI=1S/C27H36F3N2O/c1-2-3-4-5-6-7-8-9-10-11-20-32-26(33)23-14-12-21(13-15-23)25(31)22-16-18-24(19-17-22)27(28,29)30/h12-19,25,31H,2-11,20H2,1H3,(H,32,33). The average Bonchev–Trinajstić information content (AvgIpc) is 2.81. The minimum absolute atomic E-state index is 0.145. The predicted octanol–water partition coefficient (Wildman–Crippen LogP) is 7.73. The van der Waals surface area contributed by atoms with E-state index in [1.165, 1.54) is 63.5 Å². The van der Waals surface area contributed by atoms with Crippen LogP contribution < -0.4 is 11.1 Å². The second kappa shape index (κ2) is 14.0. The van der Waals surface area contributed by atoms with Crippen molar-refractivity contribution in [1.82, 2.24) is 11.1 Å². The molecule has 0 aromatic heterocycles. The van der Waals surface area contributed by atoms with Crippen LogP contribution in [-0.2, 0) is 6.18 Å². The van der Waals surface area contributed by atoms with E-state index < -0.39 is 17.8 Å². The van der Waals surface area contributed by atoms with E-state index in [2.05, 4.69) is 12.2 Å². The largest absolute Gasteiger partial charge is 0.416 e. The first kappa shape index (κ1) is 26.9. The normalized spacial score (nSPS) is 12.5. The SMILES string of the molecule is CCCCCCCCCCCCNC(=O)c1ccc(C([NH])c2ccc(C(F)(F)F)cc2)cc1. The van der Waals surface area contributed by atoms with Crippen LogP contribution in [0.4, 0.5) is 13.2 Å². The van der Waals surface area contributed by atoms with Crippen LogP contribution in [0.1, 0.15) is 104 Å². The summed E-state index contributed by atoms with van der Waals surface area (Å²) in [7, 11) is 0. The van der Waals surface area contributed by atoms with Gasteiger partial charge in [-0.2, -0.15) is 13.2 Å². The smallest absolute Gasteiger partial charge is 0.352 e. The molecular weight excluding hydrogens is 425 g/mol. The molecule has 1 radical (unpaired) electrons. The monoisotopic (exact) mass is 461 g/mol. The van der Waals surface area contributed by atoms with Crippen LogP contribution in [0.25, 0.3) is 0 Å². The summed E-state index contributed by atoms with van der Waals surface area (Å²) in [6, 6.07) is 10.5. The van der Waals surface area contributed by atoms with Crippen molar-refractivity contribution in [1.29, 1.82) is 0 Å². The van der Waals surface area contributed by atoms with Crippen molar-refractivity contribution in [2.45, 2.75) is 83.4 Å². The molecule has 1 unspecified atom stereocenters. The van der Waals surface area contributed by atoms with Crippen LogP contribution in [-0.4, -0.2) is 12.5 Å². The summed E-state index contributed by atoms with van der Waals surface area (Å²) in [6.07, 6.45) is 8.07. The maximum Gasteiger partial charge on any atom is 0.416 e. The van der Waals surface area contributed by atoms with Crippen LogP contribution in [0.5, 0.6) is 0 Å². The van der Waals surface area contributed by atoms with E-state index in [9.17, 15) is 18.0 Å².